The highest BCUT2D eigenvalue weighted by Crippen LogP contribution is 2.35. The van der Waals surface area contributed by atoms with Crippen LogP contribution >= 0.6 is 34.8 Å². The Morgan fingerprint density at radius 1 is 0.857 bits per heavy atom. The standard InChI is InChI=1S/C26H18Cl3N3O3/c27-18-8-9-21(20(28)13-18)32-25(34)22(29)23(26(32)35)30-19-7-3-6-16(12-19)24(33)31-11-10-15-4-1-2-5-17(15)14-31/h1-9,12-13,30H,10-11,14H2. The molecule has 2 aliphatic heterocycles. The Morgan fingerprint density at radius 3 is 2.40 bits per heavy atom. The molecule has 0 atom stereocenters. The summed E-state index contributed by atoms with van der Waals surface area (Å²) in [5.41, 5.74) is 3.37. The van der Waals surface area contributed by atoms with Gasteiger partial charge in [-0.25, -0.2) is 4.90 Å². The summed E-state index contributed by atoms with van der Waals surface area (Å²) in [5, 5.41) is 3.15. The minimum Gasteiger partial charge on any atom is -0.350 e. The smallest absolute Gasteiger partial charge is 0.283 e. The molecule has 176 valence electrons. The third kappa shape index (κ3) is 4.41. The van der Waals surface area contributed by atoms with E-state index in [1.54, 1.807) is 29.2 Å². The Morgan fingerprint density at radius 2 is 1.63 bits per heavy atom. The van der Waals surface area contributed by atoms with Crippen LogP contribution in [0.5, 0.6) is 0 Å². The van der Waals surface area contributed by atoms with Gasteiger partial charge in [0.05, 0.1) is 10.7 Å². The van der Waals surface area contributed by atoms with E-state index in [1.165, 1.54) is 23.8 Å². The Bertz CT molecular complexity index is 1420. The number of carbonyl (C=O) groups is 3. The van der Waals surface area contributed by atoms with Crippen molar-refractivity contribution < 1.29 is 14.4 Å². The molecule has 0 radical (unpaired) electrons. The first-order chi connectivity index (χ1) is 16.8. The molecule has 0 saturated heterocycles. The van der Waals surface area contributed by atoms with E-state index < -0.39 is 11.8 Å². The highest BCUT2D eigenvalue weighted by Gasteiger charge is 2.40. The summed E-state index contributed by atoms with van der Waals surface area (Å²) in [7, 11) is 0. The van der Waals surface area contributed by atoms with Crippen LogP contribution in [-0.4, -0.2) is 29.2 Å². The Balaban J connectivity index is 1.36. The summed E-state index contributed by atoms with van der Waals surface area (Å²) < 4.78 is 0. The molecule has 9 heteroatoms. The van der Waals surface area contributed by atoms with Crippen LogP contribution in [0.3, 0.4) is 0 Å². The minimum absolute atomic E-state index is 0.0980. The lowest BCUT2D eigenvalue weighted by Crippen LogP contribution is -2.36. The summed E-state index contributed by atoms with van der Waals surface area (Å²) in [6.07, 6.45) is 0.794. The molecule has 0 aliphatic carbocycles. The van der Waals surface area contributed by atoms with Crippen LogP contribution in [0.1, 0.15) is 21.5 Å². The molecule has 2 heterocycles. The second kappa shape index (κ2) is 9.38. The molecule has 5 rings (SSSR count). The van der Waals surface area contributed by atoms with Crippen molar-refractivity contribution in [2.75, 3.05) is 16.8 Å². The molecule has 3 aromatic rings. The number of hydrogen-bond donors (Lipinski definition) is 1. The molecule has 3 amide bonds. The molecular weight excluding hydrogens is 509 g/mol. The zero-order valence-electron chi connectivity index (χ0n) is 18.2. The van der Waals surface area contributed by atoms with E-state index in [2.05, 4.69) is 11.4 Å². The lowest BCUT2D eigenvalue weighted by Gasteiger charge is -2.29. The Kier molecular flexibility index (Phi) is 6.28. The summed E-state index contributed by atoms with van der Waals surface area (Å²) in [6, 6.07) is 19.3. The van der Waals surface area contributed by atoms with E-state index in [4.69, 9.17) is 34.8 Å². The van der Waals surface area contributed by atoms with Crippen molar-refractivity contribution in [1.29, 1.82) is 0 Å². The normalized spacial score (nSPS) is 15.5. The number of hydrogen-bond acceptors (Lipinski definition) is 4. The van der Waals surface area contributed by atoms with Gasteiger partial charge in [0.2, 0.25) is 0 Å². The molecule has 0 aromatic heterocycles. The third-order valence-electron chi connectivity index (χ3n) is 5.97. The average Bonchev–Trinajstić information content (AvgIpc) is 3.06. The van der Waals surface area contributed by atoms with Gasteiger partial charge in [-0.3, -0.25) is 14.4 Å². The van der Waals surface area contributed by atoms with Gasteiger partial charge in [0.15, 0.2) is 0 Å². The van der Waals surface area contributed by atoms with Crippen LogP contribution in [-0.2, 0) is 22.6 Å². The number of carbonyl (C=O) groups excluding carboxylic acids is 3. The molecule has 0 spiro atoms. The highest BCUT2D eigenvalue weighted by molar-refractivity contribution is 6.54. The number of anilines is 2. The van der Waals surface area contributed by atoms with Crippen LogP contribution < -0.4 is 10.2 Å². The van der Waals surface area contributed by atoms with Gasteiger partial charge in [-0.05, 0) is 53.9 Å². The summed E-state index contributed by atoms with van der Waals surface area (Å²) in [5.74, 6) is -1.48. The van der Waals surface area contributed by atoms with Gasteiger partial charge < -0.3 is 10.2 Å². The number of benzene rings is 3. The molecule has 6 nitrogen and oxygen atoms in total. The fourth-order valence-electron chi connectivity index (χ4n) is 4.22. The third-order valence-corrected chi connectivity index (χ3v) is 6.86. The van der Waals surface area contributed by atoms with Crippen LogP contribution in [0.15, 0.2) is 77.5 Å². The quantitative estimate of drug-likeness (QED) is 0.448. The predicted molar refractivity (Wildman–Crippen MR) is 137 cm³/mol. The van der Waals surface area contributed by atoms with Crippen LogP contribution in [0.2, 0.25) is 10.0 Å². The maximum absolute atomic E-state index is 13.2. The van der Waals surface area contributed by atoms with E-state index in [-0.39, 0.29) is 27.3 Å². The summed E-state index contributed by atoms with van der Waals surface area (Å²) >= 11 is 18.4. The lowest BCUT2D eigenvalue weighted by molar-refractivity contribution is -0.120. The molecule has 0 bridgehead atoms. The van der Waals surface area contributed by atoms with Crippen molar-refractivity contribution in [3.63, 3.8) is 0 Å². The molecule has 0 saturated carbocycles. The van der Waals surface area contributed by atoms with Crippen LogP contribution in [0, 0.1) is 0 Å². The van der Waals surface area contributed by atoms with Gasteiger partial charge in [-0.15, -0.1) is 0 Å². The first-order valence-electron chi connectivity index (χ1n) is 10.8. The molecule has 2 aliphatic rings. The summed E-state index contributed by atoms with van der Waals surface area (Å²) in [6.45, 7) is 1.15. The highest BCUT2D eigenvalue weighted by atomic mass is 35.5. The molecule has 0 unspecified atom stereocenters. The molecular formula is C26H18Cl3N3O3. The van der Waals surface area contributed by atoms with E-state index in [9.17, 15) is 14.4 Å². The number of imide groups is 1. The predicted octanol–water partition coefficient (Wildman–Crippen LogP) is 5.63. The Hall–Kier alpha value is -3.32. The van der Waals surface area contributed by atoms with Crippen LogP contribution in [0.25, 0.3) is 0 Å². The first-order valence-corrected chi connectivity index (χ1v) is 11.9. The van der Waals surface area contributed by atoms with E-state index >= 15 is 0 Å². The van der Waals surface area contributed by atoms with Gasteiger partial charge >= 0.3 is 0 Å². The van der Waals surface area contributed by atoms with Crippen molar-refractivity contribution >= 4 is 63.9 Å². The van der Waals surface area contributed by atoms with Crippen molar-refractivity contribution in [3.8, 4) is 0 Å². The molecule has 3 aromatic carbocycles. The molecule has 0 fully saturated rings. The van der Waals surface area contributed by atoms with Crippen molar-refractivity contribution in [1.82, 2.24) is 4.90 Å². The fourth-order valence-corrected chi connectivity index (χ4v) is 4.92. The number of rotatable bonds is 4. The largest absolute Gasteiger partial charge is 0.350 e. The Labute approximate surface area is 216 Å². The number of amides is 3. The average molecular weight is 527 g/mol. The van der Waals surface area contributed by atoms with Gasteiger partial charge in [0.1, 0.15) is 10.7 Å². The van der Waals surface area contributed by atoms with Gasteiger partial charge in [-0.1, -0.05) is 65.1 Å². The van der Waals surface area contributed by atoms with Crippen molar-refractivity contribution in [2.24, 2.45) is 0 Å². The maximum Gasteiger partial charge on any atom is 0.283 e. The van der Waals surface area contributed by atoms with Gasteiger partial charge in [0, 0.05) is 29.4 Å². The lowest BCUT2D eigenvalue weighted by atomic mass is 9.99. The number of fused-ring (bicyclic) bond motifs is 1. The zero-order valence-corrected chi connectivity index (χ0v) is 20.5. The molecule has 35 heavy (non-hydrogen) atoms. The topological polar surface area (TPSA) is 69.7 Å². The minimum atomic E-state index is -0.706. The summed E-state index contributed by atoms with van der Waals surface area (Å²) in [4.78, 5) is 41.7. The van der Waals surface area contributed by atoms with E-state index in [0.29, 0.717) is 29.4 Å². The van der Waals surface area contributed by atoms with E-state index in [0.717, 1.165) is 16.9 Å². The van der Waals surface area contributed by atoms with Gasteiger partial charge in [-0.2, -0.15) is 0 Å². The zero-order chi connectivity index (χ0) is 24.7. The number of halogens is 3. The first kappa shape index (κ1) is 23.4. The SMILES string of the molecule is O=C(c1cccc(NC2=C(Cl)C(=O)N(c3ccc(Cl)cc3Cl)C2=O)c1)N1CCc2ccccc2C1. The number of nitrogens with one attached hydrogen (secondary N) is 1. The second-order valence-electron chi connectivity index (χ2n) is 8.18. The monoisotopic (exact) mass is 525 g/mol. The second-order valence-corrected chi connectivity index (χ2v) is 9.40. The van der Waals surface area contributed by atoms with Crippen molar-refractivity contribution in [3.05, 3.63) is 104 Å². The van der Waals surface area contributed by atoms with E-state index in [1.807, 2.05) is 18.2 Å². The fraction of sp³-hybridized carbons (Fsp3) is 0.115. The van der Waals surface area contributed by atoms with Crippen molar-refractivity contribution in [2.45, 2.75) is 13.0 Å². The number of nitrogens with zero attached hydrogens (tertiary/aromatic N) is 2. The molecule has 1 N–H and O–H groups in total. The maximum atomic E-state index is 13.2. The van der Waals surface area contributed by atoms with Crippen LogP contribution in [0.4, 0.5) is 11.4 Å². The van der Waals surface area contributed by atoms with Gasteiger partial charge in [0.25, 0.3) is 17.7 Å².